The number of rotatable bonds is 6. The third kappa shape index (κ3) is 3.68. The average Bonchev–Trinajstić information content (AvgIpc) is 3.38. The molecule has 5 nitrogen and oxygen atoms in total. The van der Waals surface area contributed by atoms with Crippen molar-refractivity contribution in [2.45, 2.75) is 6.54 Å². The van der Waals surface area contributed by atoms with Gasteiger partial charge in [0.1, 0.15) is 11.4 Å². The topological polar surface area (TPSA) is 71.2 Å². The number of fused-ring (bicyclic) bond motifs is 1. The number of methoxy groups -OCH3 is 1. The van der Waals surface area contributed by atoms with Crippen molar-refractivity contribution in [1.29, 1.82) is 0 Å². The molecule has 2 N–H and O–H groups in total. The van der Waals surface area contributed by atoms with Crippen LogP contribution in [0.15, 0.2) is 66.7 Å². The number of carbonyl (C=O) groups excluding carboxylic acids is 2. The first-order valence-corrected chi connectivity index (χ1v) is 9.59. The molecule has 2 aromatic heterocycles. The highest BCUT2D eigenvalue weighted by molar-refractivity contribution is 7.14. The van der Waals surface area contributed by atoms with Crippen molar-refractivity contribution in [2.24, 2.45) is 0 Å². The number of hydrogen-bond donors (Lipinski definition) is 2. The molecule has 4 rings (SSSR count). The zero-order chi connectivity index (χ0) is 19.5. The van der Waals surface area contributed by atoms with Gasteiger partial charge in [0.2, 0.25) is 5.78 Å². The van der Waals surface area contributed by atoms with Gasteiger partial charge in [0.25, 0.3) is 5.91 Å². The molecule has 140 valence electrons. The summed E-state index contributed by atoms with van der Waals surface area (Å²) in [5.41, 5.74) is 1.99. The van der Waals surface area contributed by atoms with Gasteiger partial charge < -0.3 is 15.0 Å². The van der Waals surface area contributed by atoms with Crippen LogP contribution in [0.4, 0.5) is 0 Å². The average molecular weight is 390 g/mol. The highest BCUT2D eigenvalue weighted by Crippen LogP contribution is 2.22. The minimum atomic E-state index is -0.195. The number of aromatic nitrogens is 1. The van der Waals surface area contributed by atoms with Crippen LogP contribution in [0, 0.1) is 0 Å². The van der Waals surface area contributed by atoms with E-state index in [9.17, 15) is 9.59 Å². The van der Waals surface area contributed by atoms with Crippen LogP contribution in [-0.4, -0.2) is 23.8 Å². The van der Waals surface area contributed by atoms with Crippen molar-refractivity contribution in [1.82, 2.24) is 10.3 Å². The van der Waals surface area contributed by atoms with E-state index in [-0.39, 0.29) is 11.7 Å². The predicted octanol–water partition coefficient (Wildman–Crippen LogP) is 4.40. The monoisotopic (exact) mass is 390 g/mol. The maximum atomic E-state index is 12.5. The smallest absolute Gasteiger partial charge is 0.268 e. The molecule has 1 amide bonds. The van der Waals surface area contributed by atoms with E-state index in [0.717, 1.165) is 21.5 Å². The Kier molecular flexibility index (Phi) is 4.95. The summed E-state index contributed by atoms with van der Waals surface area (Å²) in [5.74, 6) is 0.530. The second kappa shape index (κ2) is 7.70. The molecule has 0 unspecified atom stereocenters. The third-order valence-electron chi connectivity index (χ3n) is 4.42. The summed E-state index contributed by atoms with van der Waals surface area (Å²) in [4.78, 5) is 29.6. The molecule has 0 aliphatic carbocycles. The van der Waals surface area contributed by atoms with Crippen LogP contribution in [0.25, 0.3) is 10.9 Å². The Bertz CT molecular complexity index is 1150. The first kappa shape index (κ1) is 18.0. The Labute approximate surface area is 166 Å². The van der Waals surface area contributed by atoms with Crippen molar-refractivity contribution in [2.75, 3.05) is 7.11 Å². The summed E-state index contributed by atoms with van der Waals surface area (Å²) in [5, 5.41) is 3.84. The summed E-state index contributed by atoms with van der Waals surface area (Å²) < 4.78 is 5.20. The lowest BCUT2D eigenvalue weighted by molar-refractivity contribution is 0.0946. The Morgan fingerprint density at radius 2 is 1.86 bits per heavy atom. The van der Waals surface area contributed by atoms with Gasteiger partial charge in [-0.1, -0.05) is 30.3 Å². The summed E-state index contributed by atoms with van der Waals surface area (Å²) in [6, 6.07) is 20.3. The van der Waals surface area contributed by atoms with Crippen LogP contribution < -0.4 is 10.1 Å². The number of amides is 1. The second-order valence-electron chi connectivity index (χ2n) is 6.28. The lowest BCUT2D eigenvalue weighted by Gasteiger charge is -2.01. The molecule has 0 atom stereocenters. The zero-order valence-electron chi connectivity index (χ0n) is 15.2. The van der Waals surface area contributed by atoms with E-state index in [1.165, 1.54) is 11.3 Å². The molecule has 0 aliphatic heterocycles. The van der Waals surface area contributed by atoms with E-state index in [2.05, 4.69) is 10.3 Å². The summed E-state index contributed by atoms with van der Waals surface area (Å²) in [7, 11) is 1.61. The maximum absolute atomic E-state index is 12.5. The lowest BCUT2D eigenvalue weighted by Crippen LogP contribution is -2.22. The van der Waals surface area contributed by atoms with Gasteiger partial charge in [-0.15, -0.1) is 11.3 Å². The molecule has 2 aromatic carbocycles. The SMILES string of the molecule is COc1ccc2cc(C(=O)NCc3ccc(C(=O)c4ccccc4)s3)[nH]c2c1. The van der Waals surface area contributed by atoms with Gasteiger partial charge in [0, 0.05) is 27.4 Å². The van der Waals surface area contributed by atoms with Crippen molar-refractivity contribution in [3.8, 4) is 5.75 Å². The molecule has 0 spiro atoms. The highest BCUT2D eigenvalue weighted by Gasteiger charge is 2.13. The van der Waals surface area contributed by atoms with Gasteiger partial charge >= 0.3 is 0 Å². The Morgan fingerprint density at radius 3 is 2.64 bits per heavy atom. The second-order valence-corrected chi connectivity index (χ2v) is 7.45. The van der Waals surface area contributed by atoms with Crippen molar-refractivity contribution >= 4 is 33.9 Å². The standard InChI is InChI=1S/C22H18N2O3S/c1-27-16-8-7-15-11-19(24-18(15)12-16)22(26)23-13-17-9-10-20(28-17)21(25)14-5-3-2-4-6-14/h2-12,24H,13H2,1H3,(H,23,26). The Hall–Kier alpha value is -3.38. The number of nitrogens with one attached hydrogen (secondary N) is 2. The number of H-pyrrole nitrogens is 1. The summed E-state index contributed by atoms with van der Waals surface area (Å²) >= 11 is 1.39. The Balaban J connectivity index is 1.43. The minimum absolute atomic E-state index is 0.00672. The van der Waals surface area contributed by atoms with Crippen LogP contribution in [0.5, 0.6) is 5.75 Å². The quantitative estimate of drug-likeness (QED) is 0.480. The number of ether oxygens (including phenoxy) is 1. The number of benzene rings is 2. The van der Waals surface area contributed by atoms with Gasteiger partial charge in [0.05, 0.1) is 18.5 Å². The minimum Gasteiger partial charge on any atom is -0.497 e. The zero-order valence-corrected chi connectivity index (χ0v) is 16.0. The van der Waals surface area contributed by atoms with Crippen LogP contribution >= 0.6 is 11.3 Å². The Morgan fingerprint density at radius 1 is 1.04 bits per heavy atom. The predicted molar refractivity (Wildman–Crippen MR) is 110 cm³/mol. The van der Waals surface area contributed by atoms with Gasteiger partial charge in [-0.05, 0) is 30.3 Å². The molecule has 28 heavy (non-hydrogen) atoms. The number of aromatic amines is 1. The van der Waals surface area contributed by atoms with Gasteiger partial charge in [0.15, 0.2) is 0 Å². The molecule has 0 aliphatic rings. The fourth-order valence-corrected chi connectivity index (χ4v) is 3.85. The fraction of sp³-hybridized carbons (Fsp3) is 0.0909. The van der Waals surface area contributed by atoms with Crippen LogP contribution in [0.2, 0.25) is 0 Å². The normalized spacial score (nSPS) is 10.8. The van der Waals surface area contributed by atoms with Crippen molar-refractivity contribution in [3.63, 3.8) is 0 Å². The van der Waals surface area contributed by atoms with Gasteiger partial charge in [-0.3, -0.25) is 9.59 Å². The fourth-order valence-electron chi connectivity index (χ4n) is 2.94. The molecule has 0 bridgehead atoms. The maximum Gasteiger partial charge on any atom is 0.268 e. The van der Waals surface area contributed by atoms with Crippen LogP contribution in [0.1, 0.15) is 30.6 Å². The van der Waals surface area contributed by atoms with E-state index in [1.807, 2.05) is 48.5 Å². The molecular formula is C22H18N2O3S. The van der Waals surface area contributed by atoms with Crippen molar-refractivity contribution in [3.05, 3.63) is 87.7 Å². The molecule has 0 saturated heterocycles. The highest BCUT2D eigenvalue weighted by atomic mass is 32.1. The van der Waals surface area contributed by atoms with Crippen LogP contribution in [0.3, 0.4) is 0 Å². The van der Waals surface area contributed by atoms with E-state index in [1.54, 1.807) is 25.3 Å². The molecule has 2 heterocycles. The van der Waals surface area contributed by atoms with E-state index in [0.29, 0.717) is 22.7 Å². The molecule has 0 fully saturated rings. The van der Waals surface area contributed by atoms with E-state index < -0.39 is 0 Å². The largest absolute Gasteiger partial charge is 0.497 e. The third-order valence-corrected chi connectivity index (χ3v) is 5.50. The number of carbonyl (C=O) groups is 2. The van der Waals surface area contributed by atoms with E-state index >= 15 is 0 Å². The van der Waals surface area contributed by atoms with Crippen LogP contribution in [-0.2, 0) is 6.54 Å². The molecule has 0 saturated carbocycles. The first-order chi connectivity index (χ1) is 13.6. The first-order valence-electron chi connectivity index (χ1n) is 8.77. The summed E-state index contributed by atoms with van der Waals surface area (Å²) in [6.07, 6.45) is 0. The molecular weight excluding hydrogens is 372 g/mol. The molecule has 6 heteroatoms. The van der Waals surface area contributed by atoms with Gasteiger partial charge in [-0.2, -0.15) is 0 Å². The molecule has 0 radical (unpaired) electrons. The lowest BCUT2D eigenvalue weighted by atomic mass is 10.1. The number of thiophene rings is 1. The summed E-state index contributed by atoms with van der Waals surface area (Å²) in [6.45, 7) is 0.365. The van der Waals surface area contributed by atoms with Gasteiger partial charge in [-0.25, -0.2) is 0 Å². The van der Waals surface area contributed by atoms with E-state index in [4.69, 9.17) is 4.74 Å². The molecule has 4 aromatic rings. The number of hydrogen-bond acceptors (Lipinski definition) is 4. The number of ketones is 1. The van der Waals surface area contributed by atoms with Crippen molar-refractivity contribution < 1.29 is 14.3 Å².